The van der Waals surface area contributed by atoms with Crippen LogP contribution >= 0.6 is 11.8 Å². The normalized spacial score (nSPS) is 17.0. The van der Waals surface area contributed by atoms with Crippen molar-refractivity contribution in [2.75, 3.05) is 14.2 Å². The van der Waals surface area contributed by atoms with E-state index in [-0.39, 0.29) is 11.5 Å². The highest BCUT2D eigenvalue weighted by Crippen LogP contribution is 2.33. The number of carboxylic acids is 1. The van der Waals surface area contributed by atoms with Gasteiger partial charge in [0.05, 0.1) is 23.3 Å². The van der Waals surface area contributed by atoms with Gasteiger partial charge in [-0.1, -0.05) is 6.07 Å². The van der Waals surface area contributed by atoms with Gasteiger partial charge >= 0.3 is 5.97 Å². The van der Waals surface area contributed by atoms with Crippen molar-refractivity contribution in [2.24, 2.45) is 4.99 Å². The molecule has 7 heteroatoms. The molecule has 27 heavy (non-hydrogen) atoms. The molecule has 1 amide bonds. The maximum atomic E-state index is 12.5. The van der Waals surface area contributed by atoms with Crippen molar-refractivity contribution >= 4 is 40.6 Å². The summed E-state index contributed by atoms with van der Waals surface area (Å²) in [6, 6.07) is 11.9. The smallest absolute Gasteiger partial charge is 0.335 e. The number of carbonyl (C=O) groups excluding carboxylic acids is 1. The van der Waals surface area contributed by atoms with Gasteiger partial charge in [-0.05, 0) is 72.3 Å². The minimum atomic E-state index is -0.989. The van der Waals surface area contributed by atoms with E-state index in [4.69, 9.17) is 9.84 Å². The van der Waals surface area contributed by atoms with E-state index in [1.54, 1.807) is 26.3 Å². The molecule has 0 atom stereocenters. The average molecular weight is 382 g/mol. The topological polar surface area (TPSA) is 79.2 Å². The van der Waals surface area contributed by atoms with Crippen molar-refractivity contribution in [2.45, 2.75) is 6.92 Å². The summed E-state index contributed by atoms with van der Waals surface area (Å²) in [7, 11) is 3.29. The van der Waals surface area contributed by atoms with Gasteiger partial charge in [-0.25, -0.2) is 9.79 Å². The van der Waals surface area contributed by atoms with Gasteiger partial charge in [-0.3, -0.25) is 9.69 Å². The van der Waals surface area contributed by atoms with Crippen LogP contribution in [0.25, 0.3) is 6.08 Å². The first-order valence-corrected chi connectivity index (χ1v) is 8.95. The molecule has 0 spiro atoms. The Morgan fingerprint density at radius 1 is 1.22 bits per heavy atom. The standard InChI is InChI=1S/C20H18N2O4S/c1-12-10-13(4-9-16(12)26-3)11-17-18(23)22(2)20(27-17)21-15-7-5-14(6-8-15)19(24)25/h4-11H,1-3H3,(H,24,25)/b17-11+,21-20?. The van der Waals surface area contributed by atoms with Crippen LogP contribution in [0, 0.1) is 6.92 Å². The monoisotopic (exact) mass is 382 g/mol. The van der Waals surface area contributed by atoms with Gasteiger partial charge < -0.3 is 9.84 Å². The average Bonchev–Trinajstić information content (AvgIpc) is 2.90. The van der Waals surface area contributed by atoms with E-state index in [2.05, 4.69) is 4.99 Å². The second-order valence-corrected chi connectivity index (χ2v) is 6.96. The number of benzene rings is 2. The number of carbonyl (C=O) groups is 2. The molecule has 6 nitrogen and oxygen atoms in total. The minimum absolute atomic E-state index is 0.130. The summed E-state index contributed by atoms with van der Waals surface area (Å²) in [6.07, 6.45) is 1.83. The number of hydrogen-bond acceptors (Lipinski definition) is 5. The Hall–Kier alpha value is -3.06. The molecule has 0 unspecified atom stereocenters. The number of amides is 1. The molecular weight excluding hydrogens is 364 g/mol. The van der Waals surface area contributed by atoms with Crippen molar-refractivity contribution in [3.8, 4) is 5.75 Å². The first-order chi connectivity index (χ1) is 12.9. The lowest BCUT2D eigenvalue weighted by molar-refractivity contribution is -0.121. The third-order valence-electron chi connectivity index (χ3n) is 4.06. The van der Waals surface area contributed by atoms with Crippen molar-refractivity contribution in [3.05, 3.63) is 64.1 Å². The van der Waals surface area contributed by atoms with E-state index in [1.165, 1.54) is 28.8 Å². The van der Waals surface area contributed by atoms with E-state index >= 15 is 0 Å². The summed E-state index contributed by atoms with van der Waals surface area (Å²) in [6.45, 7) is 1.95. The Morgan fingerprint density at radius 2 is 1.93 bits per heavy atom. The van der Waals surface area contributed by atoms with E-state index < -0.39 is 5.97 Å². The van der Waals surface area contributed by atoms with Crippen molar-refractivity contribution in [1.29, 1.82) is 0 Å². The molecule has 1 saturated heterocycles. The molecule has 1 N–H and O–H groups in total. The lowest BCUT2D eigenvalue weighted by atomic mass is 10.1. The number of nitrogens with zero attached hydrogens (tertiary/aromatic N) is 2. The second kappa shape index (κ2) is 7.67. The maximum Gasteiger partial charge on any atom is 0.335 e. The van der Waals surface area contributed by atoms with Gasteiger partial charge in [0.15, 0.2) is 5.17 Å². The lowest BCUT2D eigenvalue weighted by Gasteiger charge is -2.07. The highest BCUT2D eigenvalue weighted by Gasteiger charge is 2.30. The third kappa shape index (κ3) is 4.03. The van der Waals surface area contributed by atoms with Crippen LogP contribution in [0.4, 0.5) is 5.69 Å². The Labute approximate surface area is 161 Å². The van der Waals surface area contributed by atoms with Gasteiger partial charge in [0.25, 0.3) is 5.91 Å². The fourth-order valence-corrected chi connectivity index (χ4v) is 3.57. The van der Waals surface area contributed by atoms with Crippen LogP contribution in [-0.2, 0) is 4.79 Å². The molecular formula is C20H18N2O4S. The van der Waals surface area contributed by atoms with Crippen LogP contribution in [-0.4, -0.2) is 41.2 Å². The molecule has 2 aromatic rings. The van der Waals surface area contributed by atoms with Crippen LogP contribution in [0.15, 0.2) is 52.4 Å². The minimum Gasteiger partial charge on any atom is -0.496 e. The van der Waals surface area contributed by atoms with E-state index in [0.29, 0.717) is 15.8 Å². The van der Waals surface area contributed by atoms with Gasteiger partial charge in [0.1, 0.15) is 5.75 Å². The SMILES string of the molecule is COc1ccc(/C=C2/SC(=Nc3ccc(C(=O)O)cc3)N(C)C2=O)cc1C. The number of methoxy groups -OCH3 is 1. The van der Waals surface area contributed by atoms with E-state index in [1.807, 2.05) is 31.2 Å². The van der Waals surface area contributed by atoms with Gasteiger partial charge in [-0.2, -0.15) is 0 Å². The number of thioether (sulfide) groups is 1. The highest BCUT2D eigenvalue weighted by molar-refractivity contribution is 8.18. The Bertz CT molecular complexity index is 964. The van der Waals surface area contributed by atoms with Crippen LogP contribution in [0.5, 0.6) is 5.75 Å². The van der Waals surface area contributed by atoms with E-state index in [0.717, 1.165) is 16.9 Å². The predicted molar refractivity (Wildman–Crippen MR) is 107 cm³/mol. The number of carboxylic acid groups (broad SMARTS) is 1. The molecule has 0 aromatic heterocycles. The summed E-state index contributed by atoms with van der Waals surface area (Å²) in [5.74, 6) is -0.321. The number of aliphatic imine (C=N–C) groups is 1. The Kier molecular flexibility index (Phi) is 5.32. The van der Waals surface area contributed by atoms with Crippen molar-refractivity contribution < 1.29 is 19.4 Å². The number of rotatable bonds is 4. The first-order valence-electron chi connectivity index (χ1n) is 8.13. The number of aromatic carboxylic acids is 1. The lowest BCUT2D eigenvalue weighted by Crippen LogP contribution is -2.23. The molecule has 1 heterocycles. The van der Waals surface area contributed by atoms with Gasteiger partial charge in [0, 0.05) is 7.05 Å². The number of hydrogen-bond donors (Lipinski definition) is 1. The molecule has 0 aliphatic carbocycles. The van der Waals surface area contributed by atoms with Crippen molar-refractivity contribution in [1.82, 2.24) is 4.90 Å². The van der Waals surface area contributed by atoms with Gasteiger partial charge in [-0.15, -0.1) is 0 Å². The van der Waals surface area contributed by atoms with Crippen LogP contribution < -0.4 is 4.74 Å². The third-order valence-corrected chi connectivity index (χ3v) is 5.12. The van der Waals surface area contributed by atoms with Crippen molar-refractivity contribution in [3.63, 3.8) is 0 Å². The molecule has 1 aliphatic heterocycles. The number of ether oxygens (including phenoxy) is 1. The zero-order valence-electron chi connectivity index (χ0n) is 15.1. The highest BCUT2D eigenvalue weighted by atomic mass is 32.2. The maximum absolute atomic E-state index is 12.5. The summed E-state index contributed by atoms with van der Waals surface area (Å²) < 4.78 is 5.26. The molecule has 0 bridgehead atoms. The van der Waals surface area contributed by atoms with Crippen LogP contribution in [0.1, 0.15) is 21.5 Å². The van der Waals surface area contributed by atoms with Crippen LogP contribution in [0.3, 0.4) is 0 Å². The van der Waals surface area contributed by atoms with Gasteiger partial charge in [0.2, 0.25) is 0 Å². The molecule has 0 saturated carbocycles. The Morgan fingerprint density at radius 3 is 2.52 bits per heavy atom. The number of aryl methyl sites for hydroxylation is 1. The zero-order chi connectivity index (χ0) is 19.6. The summed E-state index contributed by atoms with van der Waals surface area (Å²) in [5.41, 5.74) is 2.68. The molecule has 1 aliphatic rings. The Balaban J connectivity index is 1.85. The summed E-state index contributed by atoms with van der Waals surface area (Å²) in [5, 5.41) is 9.50. The molecule has 2 aromatic carbocycles. The quantitative estimate of drug-likeness (QED) is 0.811. The summed E-state index contributed by atoms with van der Waals surface area (Å²) in [4.78, 5) is 30.0. The van der Waals surface area contributed by atoms with E-state index in [9.17, 15) is 9.59 Å². The number of amidine groups is 1. The second-order valence-electron chi connectivity index (χ2n) is 5.95. The molecule has 138 valence electrons. The molecule has 0 radical (unpaired) electrons. The molecule has 3 rings (SSSR count). The predicted octanol–water partition coefficient (Wildman–Crippen LogP) is 3.94. The molecule has 1 fully saturated rings. The summed E-state index contributed by atoms with van der Waals surface area (Å²) >= 11 is 1.28. The largest absolute Gasteiger partial charge is 0.496 e. The zero-order valence-corrected chi connectivity index (χ0v) is 15.9. The first kappa shape index (κ1) is 18.7. The van der Waals surface area contributed by atoms with Crippen LogP contribution in [0.2, 0.25) is 0 Å². The fraction of sp³-hybridized carbons (Fsp3) is 0.150. The fourth-order valence-electron chi connectivity index (χ4n) is 2.58. The number of likely N-dealkylation sites (N-methyl/N-ethyl adjacent to an activating group) is 1.